The highest BCUT2D eigenvalue weighted by molar-refractivity contribution is 14.1. The molecule has 7 heavy (non-hydrogen) atoms. The highest BCUT2D eigenvalue weighted by Gasteiger charge is 1.95. The van der Waals surface area contributed by atoms with Crippen molar-refractivity contribution in [3.05, 3.63) is 23.6 Å². The molecule has 0 spiro atoms. The predicted octanol–water partition coefficient (Wildman–Crippen LogP) is 2.56. The zero-order chi connectivity index (χ0) is 5.11. The molecule has 1 unspecified atom stereocenters. The first-order valence-electron chi connectivity index (χ1n) is 2.02. The summed E-state index contributed by atoms with van der Waals surface area (Å²) in [6.45, 7) is 0. The molecule has 0 aromatic rings. The van der Waals surface area contributed by atoms with Crippen LogP contribution in [-0.2, 0) is 0 Å². The third-order valence-electron chi connectivity index (χ3n) is 0.661. The quantitative estimate of drug-likeness (QED) is 0.450. The van der Waals surface area contributed by atoms with Gasteiger partial charge in [-0.2, -0.15) is 0 Å². The van der Waals surface area contributed by atoms with E-state index in [2.05, 4.69) is 46.2 Å². The lowest BCUT2D eigenvalue weighted by Crippen LogP contribution is -1.81. The summed E-state index contributed by atoms with van der Waals surface area (Å²) in [6.07, 6.45) is 6.30. The van der Waals surface area contributed by atoms with E-state index in [4.69, 9.17) is 0 Å². The Morgan fingerprint density at radius 1 is 1.43 bits per heavy atom. The number of hydrogen-bond donors (Lipinski definition) is 0. The topological polar surface area (TPSA) is 0 Å². The fourth-order valence-corrected chi connectivity index (χ4v) is 1.62. The van der Waals surface area contributed by atoms with Crippen molar-refractivity contribution in [2.75, 3.05) is 0 Å². The minimum absolute atomic E-state index is 0.655. The monoisotopic (exact) mass is 224 g/mol. The molecule has 1 aliphatic rings. The molecular formula is C5H5IS. The first-order chi connectivity index (χ1) is 3.39. The normalized spacial score (nSPS) is 28.4. The molecule has 0 amide bonds. The highest BCUT2D eigenvalue weighted by Crippen LogP contribution is 2.23. The molecular weight excluding hydrogens is 219 g/mol. The minimum atomic E-state index is 0.655. The molecule has 0 nitrogen and oxygen atoms in total. The van der Waals surface area contributed by atoms with Crippen LogP contribution in [0, 0.1) is 0 Å². The Labute approximate surface area is 61.2 Å². The summed E-state index contributed by atoms with van der Waals surface area (Å²) in [6, 6.07) is 0. The summed E-state index contributed by atoms with van der Waals surface area (Å²) in [5.41, 5.74) is 0. The molecule has 0 aromatic carbocycles. The van der Waals surface area contributed by atoms with E-state index in [0.29, 0.717) is 3.26 Å². The van der Waals surface area contributed by atoms with Gasteiger partial charge in [0.25, 0.3) is 0 Å². The van der Waals surface area contributed by atoms with Gasteiger partial charge in [-0.1, -0.05) is 40.8 Å². The van der Waals surface area contributed by atoms with Crippen molar-refractivity contribution >= 4 is 34.4 Å². The standard InChI is InChI=1S/C5H5IS/c6-5-3-1-2-4-7-5/h1-5H. The molecule has 1 aliphatic heterocycles. The summed E-state index contributed by atoms with van der Waals surface area (Å²) < 4.78 is 0.655. The average Bonchev–Trinajstić information content (AvgIpc) is 1.69. The molecule has 38 valence electrons. The molecule has 1 heterocycles. The number of hydrogen-bond acceptors (Lipinski definition) is 1. The number of halogens is 1. The van der Waals surface area contributed by atoms with Crippen LogP contribution in [0.1, 0.15) is 0 Å². The number of alkyl halides is 1. The van der Waals surface area contributed by atoms with E-state index in [1.54, 1.807) is 0 Å². The minimum Gasteiger partial charge on any atom is -0.116 e. The van der Waals surface area contributed by atoms with Gasteiger partial charge in [-0.25, -0.2) is 0 Å². The molecule has 0 bridgehead atoms. The number of thioether (sulfide) groups is 1. The molecule has 0 aliphatic carbocycles. The van der Waals surface area contributed by atoms with Gasteiger partial charge >= 0.3 is 0 Å². The second-order valence-corrected chi connectivity index (χ2v) is 4.44. The Hall–Kier alpha value is 0.560. The van der Waals surface area contributed by atoms with Crippen molar-refractivity contribution in [2.24, 2.45) is 0 Å². The van der Waals surface area contributed by atoms with Crippen LogP contribution in [-0.4, -0.2) is 3.26 Å². The fourth-order valence-electron chi connectivity index (χ4n) is 0.363. The van der Waals surface area contributed by atoms with Crippen LogP contribution in [0.25, 0.3) is 0 Å². The number of rotatable bonds is 0. The van der Waals surface area contributed by atoms with Crippen molar-refractivity contribution in [2.45, 2.75) is 3.26 Å². The first kappa shape index (κ1) is 5.69. The van der Waals surface area contributed by atoms with E-state index in [9.17, 15) is 0 Å². The highest BCUT2D eigenvalue weighted by atomic mass is 127. The third-order valence-corrected chi connectivity index (χ3v) is 2.69. The van der Waals surface area contributed by atoms with Gasteiger partial charge in [0.05, 0.1) is 3.26 Å². The Balaban J connectivity index is 2.49. The third kappa shape index (κ3) is 1.86. The lowest BCUT2D eigenvalue weighted by Gasteiger charge is -2.00. The first-order valence-corrected chi connectivity index (χ1v) is 4.21. The van der Waals surface area contributed by atoms with E-state index >= 15 is 0 Å². The Morgan fingerprint density at radius 3 is 2.57 bits per heavy atom. The molecule has 0 saturated heterocycles. The maximum absolute atomic E-state index is 2.38. The Kier molecular flexibility index (Phi) is 2.25. The van der Waals surface area contributed by atoms with E-state index in [0.717, 1.165) is 0 Å². The summed E-state index contributed by atoms with van der Waals surface area (Å²) >= 11 is 4.22. The van der Waals surface area contributed by atoms with Gasteiger partial charge in [0.2, 0.25) is 0 Å². The van der Waals surface area contributed by atoms with E-state index in [1.165, 1.54) is 0 Å². The van der Waals surface area contributed by atoms with Gasteiger partial charge in [-0.15, -0.1) is 11.8 Å². The van der Waals surface area contributed by atoms with E-state index < -0.39 is 0 Å². The van der Waals surface area contributed by atoms with E-state index in [-0.39, 0.29) is 0 Å². The second kappa shape index (κ2) is 2.77. The van der Waals surface area contributed by atoms with Gasteiger partial charge in [0.15, 0.2) is 0 Å². The number of allylic oxidation sites excluding steroid dienone is 2. The Bertz CT molecular complexity index is 107. The smallest absolute Gasteiger partial charge is 0.0788 e. The van der Waals surface area contributed by atoms with Crippen molar-refractivity contribution in [1.29, 1.82) is 0 Å². The SMILES string of the molecule is IC1C=CC=CS1. The summed E-state index contributed by atoms with van der Waals surface area (Å²) in [5, 5.41) is 2.11. The zero-order valence-electron chi connectivity index (χ0n) is 3.67. The van der Waals surface area contributed by atoms with Crippen LogP contribution in [0.4, 0.5) is 0 Å². The largest absolute Gasteiger partial charge is 0.116 e. The maximum atomic E-state index is 2.38. The van der Waals surface area contributed by atoms with Crippen LogP contribution < -0.4 is 0 Å². The molecule has 2 heteroatoms. The Morgan fingerprint density at radius 2 is 2.29 bits per heavy atom. The van der Waals surface area contributed by atoms with Gasteiger partial charge in [-0.05, 0) is 5.41 Å². The van der Waals surface area contributed by atoms with Crippen molar-refractivity contribution in [3.63, 3.8) is 0 Å². The van der Waals surface area contributed by atoms with Gasteiger partial charge in [-0.3, -0.25) is 0 Å². The average molecular weight is 224 g/mol. The van der Waals surface area contributed by atoms with Crippen LogP contribution in [0.15, 0.2) is 23.6 Å². The molecule has 0 radical (unpaired) electrons. The maximum Gasteiger partial charge on any atom is 0.0788 e. The van der Waals surface area contributed by atoms with Crippen LogP contribution in [0.3, 0.4) is 0 Å². The zero-order valence-corrected chi connectivity index (χ0v) is 6.65. The van der Waals surface area contributed by atoms with Crippen LogP contribution in [0.2, 0.25) is 0 Å². The van der Waals surface area contributed by atoms with Gasteiger partial charge in [0, 0.05) is 0 Å². The molecule has 0 fully saturated rings. The lowest BCUT2D eigenvalue weighted by atomic mass is 10.5. The fraction of sp³-hybridized carbons (Fsp3) is 0.200. The predicted molar refractivity (Wildman–Crippen MR) is 43.7 cm³/mol. The van der Waals surface area contributed by atoms with Crippen molar-refractivity contribution in [1.82, 2.24) is 0 Å². The summed E-state index contributed by atoms with van der Waals surface area (Å²) in [7, 11) is 0. The summed E-state index contributed by atoms with van der Waals surface area (Å²) in [5.74, 6) is 0. The van der Waals surface area contributed by atoms with Crippen molar-refractivity contribution in [3.8, 4) is 0 Å². The molecule has 0 saturated carbocycles. The van der Waals surface area contributed by atoms with Crippen LogP contribution >= 0.6 is 34.4 Å². The second-order valence-electron chi connectivity index (χ2n) is 1.20. The van der Waals surface area contributed by atoms with Crippen LogP contribution in [0.5, 0.6) is 0 Å². The van der Waals surface area contributed by atoms with E-state index in [1.807, 2.05) is 11.8 Å². The molecule has 1 atom stereocenters. The van der Waals surface area contributed by atoms with Gasteiger partial charge in [0.1, 0.15) is 0 Å². The summed E-state index contributed by atoms with van der Waals surface area (Å²) in [4.78, 5) is 0. The lowest BCUT2D eigenvalue weighted by molar-refractivity contribution is 1.69. The molecule has 0 aromatic heterocycles. The van der Waals surface area contributed by atoms with Crippen molar-refractivity contribution < 1.29 is 0 Å². The molecule has 0 N–H and O–H groups in total. The molecule has 1 rings (SSSR count). The van der Waals surface area contributed by atoms with Gasteiger partial charge < -0.3 is 0 Å².